The molecule has 2 unspecified atom stereocenters. The number of rotatable bonds is 5. The van der Waals surface area contributed by atoms with Crippen LogP contribution < -0.4 is 19.7 Å². The number of hydrogen-bond donors (Lipinski definition) is 1. The molecule has 2 heterocycles. The summed E-state index contributed by atoms with van der Waals surface area (Å²) in [6, 6.07) is 15.1. The zero-order chi connectivity index (χ0) is 20.4. The van der Waals surface area contributed by atoms with Crippen LogP contribution in [0.15, 0.2) is 48.5 Å². The number of nitrogens with zero attached hydrogens (tertiary/aromatic N) is 1. The third-order valence-electron chi connectivity index (χ3n) is 5.59. The Labute approximate surface area is 170 Å². The Hall–Kier alpha value is -3.02. The molecule has 1 N–H and O–H groups in total. The summed E-state index contributed by atoms with van der Waals surface area (Å²) in [6.45, 7) is 4.24. The van der Waals surface area contributed by atoms with Crippen LogP contribution in [0, 0.1) is 0 Å². The minimum Gasteiger partial charge on any atom is -0.480 e. The first-order valence-corrected chi connectivity index (χ1v) is 10.2. The Morgan fingerprint density at radius 3 is 2.38 bits per heavy atom. The van der Waals surface area contributed by atoms with E-state index in [9.17, 15) is 9.59 Å². The van der Waals surface area contributed by atoms with Crippen molar-refractivity contribution in [2.75, 3.05) is 11.4 Å². The van der Waals surface area contributed by atoms with Crippen molar-refractivity contribution >= 4 is 17.5 Å². The highest BCUT2D eigenvalue weighted by atomic mass is 16.5. The van der Waals surface area contributed by atoms with Crippen LogP contribution in [0.4, 0.5) is 5.69 Å². The van der Waals surface area contributed by atoms with Crippen LogP contribution in [0.1, 0.15) is 32.3 Å². The Bertz CT molecular complexity index is 884. The molecule has 6 nitrogen and oxygen atoms in total. The van der Waals surface area contributed by atoms with Crippen LogP contribution >= 0.6 is 0 Å². The average Bonchev–Trinajstić information content (AvgIpc) is 3.20. The van der Waals surface area contributed by atoms with E-state index in [1.54, 1.807) is 11.0 Å². The number of ether oxygens (including phenoxy) is 2. The van der Waals surface area contributed by atoms with E-state index < -0.39 is 12.2 Å². The summed E-state index contributed by atoms with van der Waals surface area (Å²) in [4.78, 5) is 27.8. The molecule has 0 saturated carbocycles. The molecule has 0 bridgehead atoms. The predicted octanol–water partition coefficient (Wildman–Crippen LogP) is 3.09. The van der Waals surface area contributed by atoms with Gasteiger partial charge in [-0.05, 0) is 36.6 Å². The highest BCUT2D eigenvalue weighted by molar-refractivity contribution is 6.00. The lowest BCUT2D eigenvalue weighted by Gasteiger charge is -2.35. The molecule has 152 valence electrons. The molecule has 0 spiro atoms. The maximum Gasteiger partial charge on any atom is 0.268 e. The van der Waals surface area contributed by atoms with E-state index in [-0.39, 0.29) is 24.4 Å². The van der Waals surface area contributed by atoms with Gasteiger partial charge in [-0.2, -0.15) is 0 Å². The number of fused-ring (bicyclic) bond motifs is 2. The molecule has 6 heteroatoms. The number of carbonyl (C=O) groups is 2. The van der Waals surface area contributed by atoms with Crippen molar-refractivity contribution in [2.24, 2.45) is 0 Å². The van der Waals surface area contributed by atoms with Gasteiger partial charge in [-0.25, -0.2) is 0 Å². The molecular weight excluding hydrogens is 368 g/mol. The number of para-hydroxylation sites is 3. The van der Waals surface area contributed by atoms with Crippen LogP contribution in [0.2, 0.25) is 0 Å². The van der Waals surface area contributed by atoms with E-state index in [1.165, 1.54) is 0 Å². The van der Waals surface area contributed by atoms with Crippen molar-refractivity contribution in [2.45, 2.75) is 51.4 Å². The topological polar surface area (TPSA) is 67.9 Å². The second-order valence-corrected chi connectivity index (χ2v) is 7.46. The van der Waals surface area contributed by atoms with Gasteiger partial charge in [0, 0.05) is 12.5 Å². The minimum atomic E-state index is -0.752. The van der Waals surface area contributed by atoms with Crippen molar-refractivity contribution < 1.29 is 19.1 Å². The lowest BCUT2D eigenvalue weighted by Crippen LogP contribution is -2.54. The number of carbonyl (C=O) groups excluding carboxylic acids is 2. The monoisotopic (exact) mass is 394 g/mol. The van der Waals surface area contributed by atoms with Gasteiger partial charge in [0.2, 0.25) is 0 Å². The summed E-state index contributed by atoms with van der Waals surface area (Å²) in [5.41, 5.74) is 1.69. The predicted molar refractivity (Wildman–Crippen MR) is 110 cm³/mol. The molecule has 4 rings (SSSR count). The van der Waals surface area contributed by atoms with Gasteiger partial charge in [-0.15, -0.1) is 0 Å². The second-order valence-electron chi connectivity index (χ2n) is 7.46. The Balaban J connectivity index is 1.55. The molecule has 0 fully saturated rings. The van der Waals surface area contributed by atoms with Gasteiger partial charge in [-0.1, -0.05) is 44.2 Å². The van der Waals surface area contributed by atoms with Gasteiger partial charge in [0.1, 0.15) is 11.5 Å². The number of anilines is 1. The largest absolute Gasteiger partial charge is 0.480 e. The number of amides is 2. The van der Waals surface area contributed by atoms with Crippen molar-refractivity contribution in [3.8, 4) is 11.5 Å². The van der Waals surface area contributed by atoms with Gasteiger partial charge in [0.05, 0.1) is 12.2 Å². The fourth-order valence-electron chi connectivity index (χ4n) is 3.86. The third-order valence-corrected chi connectivity index (χ3v) is 5.59. The third kappa shape index (κ3) is 3.79. The van der Waals surface area contributed by atoms with Gasteiger partial charge in [-0.3, -0.25) is 9.59 Å². The molecular formula is C23H26N2O4. The highest BCUT2D eigenvalue weighted by Gasteiger charge is 2.39. The van der Waals surface area contributed by atoms with Gasteiger partial charge in [0.25, 0.3) is 11.8 Å². The summed E-state index contributed by atoms with van der Waals surface area (Å²) >= 11 is 0. The first-order valence-electron chi connectivity index (χ1n) is 10.2. The average molecular weight is 394 g/mol. The van der Waals surface area contributed by atoms with Gasteiger partial charge in [0.15, 0.2) is 12.2 Å². The fourth-order valence-corrected chi connectivity index (χ4v) is 3.86. The smallest absolute Gasteiger partial charge is 0.268 e. The molecule has 0 saturated heterocycles. The second kappa shape index (κ2) is 8.15. The van der Waals surface area contributed by atoms with E-state index in [0.717, 1.165) is 24.2 Å². The highest BCUT2D eigenvalue weighted by Crippen LogP contribution is 2.36. The molecule has 2 aromatic rings. The van der Waals surface area contributed by atoms with Crippen LogP contribution in [0.3, 0.4) is 0 Å². The molecule has 2 aliphatic heterocycles. The number of nitrogens with one attached hydrogen (secondary N) is 1. The molecule has 29 heavy (non-hydrogen) atoms. The first kappa shape index (κ1) is 19.3. The van der Waals surface area contributed by atoms with E-state index in [2.05, 4.69) is 5.32 Å². The van der Waals surface area contributed by atoms with Gasteiger partial charge < -0.3 is 19.7 Å². The summed E-state index contributed by atoms with van der Waals surface area (Å²) in [6.07, 6.45) is 0.878. The van der Waals surface area contributed by atoms with Crippen molar-refractivity contribution in [3.05, 3.63) is 54.1 Å². The summed E-state index contributed by atoms with van der Waals surface area (Å²) < 4.78 is 11.8. The van der Waals surface area contributed by atoms with Crippen LogP contribution in [-0.4, -0.2) is 36.6 Å². The van der Waals surface area contributed by atoms with Crippen LogP contribution in [0.25, 0.3) is 0 Å². The quantitative estimate of drug-likeness (QED) is 0.846. The molecule has 0 aliphatic carbocycles. The molecule has 0 aromatic heterocycles. The summed E-state index contributed by atoms with van der Waals surface area (Å²) in [5.74, 6) is 0.932. The first-order chi connectivity index (χ1) is 14.1. The van der Waals surface area contributed by atoms with Crippen LogP contribution in [-0.2, 0) is 16.0 Å². The maximum atomic E-state index is 13.3. The Morgan fingerprint density at radius 2 is 1.66 bits per heavy atom. The maximum absolute atomic E-state index is 13.3. The van der Waals surface area contributed by atoms with Crippen molar-refractivity contribution in [3.63, 3.8) is 0 Å². The van der Waals surface area contributed by atoms with Crippen molar-refractivity contribution in [1.82, 2.24) is 5.32 Å². The molecule has 0 radical (unpaired) electrons. The summed E-state index contributed by atoms with van der Waals surface area (Å²) in [7, 11) is 0. The normalized spacial score (nSPS) is 19.8. The number of hydrogen-bond acceptors (Lipinski definition) is 4. The summed E-state index contributed by atoms with van der Waals surface area (Å²) in [5, 5.41) is 3.03. The zero-order valence-corrected chi connectivity index (χ0v) is 16.8. The Kier molecular flexibility index (Phi) is 5.43. The van der Waals surface area contributed by atoms with E-state index in [0.29, 0.717) is 17.9 Å². The van der Waals surface area contributed by atoms with Gasteiger partial charge >= 0.3 is 0 Å². The lowest BCUT2D eigenvalue weighted by molar-refractivity contribution is -0.130. The minimum absolute atomic E-state index is 0.0973. The fraction of sp³-hybridized carbons (Fsp3) is 0.391. The molecule has 2 atom stereocenters. The Morgan fingerprint density at radius 1 is 1.00 bits per heavy atom. The SMILES string of the molecule is CCC(CC)NC(=O)C1CN(C(=O)C2Cc3ccccc3O2)c2ccccc2O1. The van der Waals surface area contributed by atoms with E-state index in [1.807, 2.05) is 56.3 Å². The van der Waals surface area contributed by atoms with Crippen molar-refractivity contribution in [1.29, 1.82) is 0 Å². The standard InChI is InChI=1S/C23H26N2O4/c1-3-16(4-2)24-22(26)21-14-25(17-10-6-8-12-19(17)29-21)23(27)20-13-15-9-5-7-11-18(15)28-20/h5-12,16,20-21H,3-4,13-14H2,1-2H3,(H,24,26). The molecule has 2 aromatic carbocycles. The van der Waals surface area contributed by atoms with Crippen LogP contribution in [0.5, 0.6) is 11.5 Å². The van der Waals surface area contributed by atoms with E-state index in [4.69, 9.17) is 9.47 Å². The molecule has 2 aliphatic rings. The zero-order valence-electron chi connectivity index (χ0n) is 16.8. The molecule has 2 amide bonds. The lowest BCUT2D eigenvalue weighted by atomic mass is 10.1. The number of benzene rings is 2. The van der Waals surface area contributed by atoms with E-state index >= 15 is 0 Å².